The molecule has 2 aromatic carbocycles. The summed E-state index contributed by atoms with van der Waals surface area (Å²) in [5.74, 6) is -0.332. The summed E-state index contributed by atoms with van der Waals surface area (Å²) in [4.78, 5) is 12.2. The largest absolute Gasteiger partial charge is 0.457 e. The van der Waals surface area contributed by atoms with Gasteiger partial charge in [-0.25, -0.2) is 4.79 Å². The fraction of sp³-hybridized carbons (Fsp3) is 0.286. The van der Waals surface area contributed by atoms with Gasteiger partial charge in [-0.1, -0.05) is 42.5 Å². The molecule has 0 bridgehead atoms. The summed E-state index contributed by atoms with van der Waals surface area (Å²) in [6.45, 7) is 5.61. The lowest BCUT2D eigenvalue weighted by atomic mass is 10.0. The maximum atomic E-state index is 12.2. The van der Waals surface area contributed by atoms with Crippen molar-refractivity contribution in [3.63, 3.8) is 0 Å². The molecule has 1 aliphatic rings. The fourth-order valence-corrected chi connectivity index (χ4v) is 2.86. The van der Waals surface area contributed by atoms with Gasteiger partial charge in [-0.05, 0) is 38.5 Å². The van der Waals surface area contributed by atoms with E-state index in [-0.39, 0.29) is 12.0 Å². The lowest BCUT2D eigenvalue weighted by Crippen LogP contribution is -2.23. The van der Waals surface area contributed by atoms with Gasteiger partial charge in [0.25, 0.3) is 0 Å². The number of fused-ring (bicyclic) bond motifs is 1. The molecule has 0 aromatic heterocycles. The minimum absolute atomic E-state index is 0.0750. The van der Waals surface area contributed by atoms with Gasteiger partial charge in [-0.15, -0.1) is 0 Å². The minimum Gasteiger partial charge on any atom is -0.457 e. The molecule has 0 spiro atoms. The van der Waals surface area contributed by atoms with E-state index in [2.05, 4.69) is 22.8 Å². The summed E-state index contributed by atoms with van der Waals surface area (Å²) >= 11 is 0. The first-order valence-electron chi connectivity index (χ1n) is 8.52. The molecule has 25 heavy (non-hydrogen) atoms. The van der Waals surface area contributed by atoms with Crippen molar-refractivity contribution in [3.05, 3.63) is 71.9 Å². The predicted octanol–water partition coefficient (Wildman–Crippen LogP) is 4.88. The molecular formula is C21H24N2O2. The second-order valence-electron chi connectivity index (χ2n) is 7.19. The van der Waals surface area contributed by atoms with Crippen LogP contribution in [0, 0.1) is 0 Å². The Morgan fingerprint density at radius 3 is 2.36 bits per heavy atom. The molecule has 0 amide bonds. The number of ether oxygens (including phenoxy) is 1. The molecule has 1 atom stereocenters. The molecule has 1 unspecified atom stereocenters. The number of nitrogens with one attached hydrogen (secondary N) is 2. The van der Waals surface area contributed by atoms with Crippen LogP contribution < -0.4 is 10.6 Å². The zero-order valence-corrected chi connectivity index (χ0v) is 14.9. The molecule has 130 valence electrons. The Hall–Kier alpha value is -2.75. The van der Waals surface area contributed by atoms with E-state index in [4.69, 9.17) is 4.74 Å². The Balaban J connectivity index is 1.92. The first kappa shape index (κ1) is 17.1. The molecule has 3 rings (SSSR count). The van der Waals surface area contributed by atoms with Gasteiger partial charge >= 0.3 is 5.97 Å². The average Bonchev–Trinajstić information content (AvgIpc) is 2.72. The quantitative estimate of drug-likeness (QED) is 0.606. The van der Waals surface area contributed by atoms with Gasteiger partial charge in [-0.3, -0.25) is 0 Å². The molecule has 0 radical (unpaired) electrons. The number of carbonyl (C=O) groups is 1. The number of para-hydroxylation sites is 2. The second kappa shape index (κ2) is 7.01. The smallest absolute Gasteiger partial charge is 0.333 e. The normalized spacial score (nSPS) is 18.5. The van der Waals surface area contributed by atoms with E-state index in [1.54, 1.807) is 6.08 Å². The van der Waals surface area contributed by atoms with Crippen LogP contribution in [0.2, 0.25) is 0 Å². The SMILES string of the molecule is CC(C)(C)OC(=O)/C=C1/CC(c2ccccc2)Nc2ccccc2N1. The summed E-state index contributed by atoms with van der Waals surface area (Å²) in [5.41, 5.74) is 3.48. The van der Waals surface area contributed by atoms with Crippen molar-refractivity contribution < 1.29 is 9.53 Å². The zero-order valence-electron chi connectivity index (χ0n) is 14.9. The molecule has 2 aromatic rings. The van der Waals surface area contributed by atoms with Gasteiger partial charge in [-0.2, -0.15) is 0 Å². The van der Waals surface area contributed by atoms with Crippen LogP contribution >= 0.6 is 0 Å². The Morgan fingerprint density at radius 1 is 1.04 bits per heavy atom. The summed E-state index contributed by atoms with van der Waals surface area (Å²) in [6.07, 6.45) is 2.23. The van der Waals surface area contributed by atoms with E-state index >= 15 is 0 Å². The number of hydrogen-bond donors (Lipinski definition) is 2. The van der Waals surface area contributed by atoms with Crippen molar-refractivity contribution in [1.82, 2.24) is 0 Å². The molecule has 0 saturated carbocycles. The molecule has 4 heteroatoms. The monoisotopic (exact) mass is 336 g/mol. The third kappa shape index (κ3) is 4.63. The Labute approximate surface area is 148 Å². The highest BCUT2D eigenvalue weighted by atomic mass is 16.6. The third-order valence-electron chi connectivity index (χ3n) is 3.88. The molecule has 0 fully saturated rings. The van der Waals surface area contributed by atoms with E-state index < -0.39 is 5.60 Å². The van der Waals surface area contributed by atoms with Crippen LogP contribution in [-0.4, -0.2) is 11.6 Å². The second-order valence-corrected chi connectivity index (χ2v) is 7.19. The first-order chi connectivity index (χ1) is 11.9. The minimum atomic E-state index is -0.506. The van der Waals surface area contributed by atoms with Crippen molar-refractivity contribution in [3.8, 4) is 0 Å². The van der Waals surface area contributed by atoms with E-state index in [9.17, 15) is 4.79 Å². The van der Waals surface area contributed by atoms with Gasteiger partial charge in [0.15, 0.2) is 0 Å². The van der Waals surface area contributed by atoms with E-state index in [1.807, 2.05) is 63.2 Å². The summed E-state index contributed by atoms with van der Waals surface area (Å²) in [6, 6.07) is 18.3. The summed E-state index contributed by atoms with van der Waals surface area (Å²) in [5, 5.41) is 6.95. The molecule has 1 aliphatic heterocycles. The number of hydrogen-bond acceptors (Lipinski definition) is 4. The predicted molar refractivity (Wildman–Crippen MR) is 101 cm³/mol. The van der Waals surface area contributed by atoms with Crippen molar-refractivity contribution in [2.45, 2.75) is 38.8 Å². The molecule has 1 heterocycles. The van der Waals surface area contributed by atoms with E-state index in [1.165, 1.54) is 5.56 Å². The zero-order chi connectivity index (χ0) is 17.9. The number of rotatable bonds is 2. The van der Waals surface area contributed by atoms with Gasteiger partial charge in [0.2, 0.25) is 0 Å². The highest BCUT2D eigenvalue weighted by Gasteiger charge is 2.21. The van der Waals surface area contributed by atoms with Crippen LogP contribution in [0.1, 0.15) is 38.8 Å². The van der Waals surface area contributed by atoms with Crippen LogP contribution in [0.15, 0.2) is 66.4 Å². The third-order valence-corrected chi connectivity index (χ3v) is 3.88. The highest BCUT2D eigenvalue weighted by Crippen LogP contribution is 2.34. The molecular weight excluding hydrogens is 312 g/mol. The standard InChI is InChI=1S/C21H24N2O2/c1-21(2,3)25-20(24)14-16-13-19(15-9-5-4-6-10-15)23-18-12-8-7-11-17(18)22-16/h4-12,14,19,22-23H,13H2,1-3H3/b16-14-. The van der Waals surface area contributed by atoms with Crippen molar-refractivity contribution in [1.29, 1.82) is 0 Å². The summed E-state index contributed by atoms with van der Waals surface area (Å²) in [7, 11) is 0. The topological polar surface area (TPSA) is 50.4 Å². The molecule has 0 aliphatic carbocycles. The van der Waals surface area contributed by atoms with Gasteiger partial charge in [0.05, 0.1) is 17.4 Å². The molecule has 2 N–H and O–H groups in total. The maximum Gasteiger partial charge on any atom is 0.333 e. The van der Waals surface area contributed by atoms with Crippen LogP contribution in [0.4, 0.5) is 11.4 Å². The fourth-order valence-electron chi connectivity index (χ4n) is 2.86. The van der Waals surface area contributed by atoms with Crippen LogP contribution in [0.5, 0.6) is 0 Å². The van der Waals surface area contributed by atoms with E-state index in [0.717, 1.165) is 17.1 Å². The van der Waals surface area contributed by atoms with Crippen LogP contribution in [0.25, 0.3) is 0 Å². The Bertz CT molecular complexity index is 776. The number of esters is 1. The van der Waals surface area contributed by atoms with Crippen molar-refractivity contribution >= 4 is 17.3 Å². The Morgan fingerprint density at radius 2 is 1.68 bits per heavy atom. The maximum absolute atomic E-state index is 12.2. The molecule has 0 saturated heterocycles. The van der Waals surface area contributed by atoms with Crippen LogP contribution in [-0.2, 0) is 9.53 Å². The van der Waals surface area contributed by atoms with Gasteiger partial charge in [0.1, 0.15) is 5.60 Å². The van der Waals surface area contributed by atoms with Crippen molar-refractivity contribution in [2.75, 3.05) is 10.6 Å². The highest BCUT2D eigenvalue weighted by molar-refractivity contribution is 5.85. The summed E-state index contributed by atoms with van der Waals surface area (Å²) < 4.78 is 5.43. The lowest BCUT2D eigenvalue weighted by molar-refractivity contribution is -0.148. The number of carbonyl (C=O) groups excluding carboxylic acids is 1. The first-order valence-corrected chi connectivity index (χ1v) is 8.52. The van der Waals surface area contributed by atoms with Crippen LogP contribution in [0.3, 0.4) is 0 Å². The van der Waals surface area contributed by atoms with E-state index in [0.29, 0.717) is 6.42 Å². The van der Waals surface area contributed by atoms with Crippen molar-refractivity contribution in [2.24, 2.45) is 0 Å². The Kier molecular flexibility index (Phi) is 4.79. The van der Waals surface area contributed by atoms with Gasteiger partial charge in [0, 0.05) is 18.2 Å². The number of anilines is 2. The molecule has 4 nitrogen and oxygen atoms in total. The average molecular weight is 336 g/mol. The lowest BCUT2D eigenvalue weighted by Gasteiger charge is -2.20. The number of benzene rings is 2. The van der Waals surface area contributed by atoms with Gasteiger partial charge < -0.3 is 15.4 Å².